The summed E-state index contributed by atoms with van der Waals surface area (Å²) < 4.78 is 0.812. The number of aliphatic carboxylic acids is 1. The van der Waals surface area contributed by atoms with Gasteiger partial charge in [-0.1, -0.05) is 13.8 Å². The molecule has 2 N–H and O–H groups in total. The number of hydrogen-bond acceptors (Lipinski definition) is 3. The minimum atomic E-state index is -1.47. The number of aromatic nitrogens is 1. The molecular formula is C10H12BrNO3. The first kappa shape index (κ1) is 12.1. The Morgan fingerprint density at radius 1 is 1.53 bits per heavy atom. The average Bonchev–Trinajstić information content (AvgIpc) is 2.17. The molecule has 1 unspecified atom stereocenters. The van der Waals surface area contributed by atoms with Gasteiger partial charge in [-0.15, -0.1) is 0 Å². The summed E-state index contributed by atoms with van der Waals surface area (Å²) in [5.41, 5.74) is -0.368. The van der Waals surface area contributed by atoms with Crippen LogP contribution in [0.15, 0.2) is 22.8 Å². The van der Waals surface area contributed by atoms with Crippen molar-refractivity contribution in [2.75, 3.05) is 0 Å². The van der Waals surface area contributed by atoms with E-state index in [-0.39, 0.29) is 0 Å². The number of aliphatic hydroxyl groups is 1. The molecule has 0 saturated carbocycles. The van der Waals surface area contributed by atoms with Crippen LogP contribution in [0.5, 0.6) is 0 Å². The second-order valence-corrected chi connectivity index (χ2v) is 4.74. The van der Waals surface area contributed by atoms with Crippen molar-refractivity contribution in [1.29, 1.82) is 0 Å². The molecule has 1 heterocycles. The average molecular weight is 274 g/mol. The Balaban J connectivity index is 3.05. The lowest BCUT2D eigenvalue weighted by Crippen LogP contribution is -2.40. The van der Waals surface area contributed by atoms with Crippen molar-refractivity contribution < 1.29 is 15.0 Å². The molecule has 0 amide bonds. The van der Waals surface area contributed by atoms with Crippen LogP contribution in [0.4, 0.5) is 0 Å². The van der Waals surface area contributed by atoms with Gasteiger partial charge in [-0.25, -0.2) is 4.79 Å². The van der Waals surface area contributed by atoms with E-state index in [1.807, 2.05) is 0 Å². The summed E-state index contributed by atoms with van der Waals surface area (Å²) in [6, 6.07) is 3.45. The fourth-order valence-corrected chi connectivity index (χ4v) is 1.44. The fourth-order valence-electron chi connectivity index (χ4n) is 1.21. The highest BCUT2D eigenvalue weighted by atomic mass is 79.9. The van der Waals surface area contributed by atoms with Crippen molar-refractivity contribution in [3.63, 3.8) is 0 Å². The first-order valence-corrected chi connectivity index (χ1v) is 5.18. The third-order valence-electron chi connectivity index (χ3n) is 2.31. The number of carboxylic acid groups (broad SMARTS) is 1. The van der Waals surface area contributed by atoms with Gasteiger partial charge >= 0.3 is 5.97 Å². The van der Waals surface area contributed by atoms with E-state index in [2.05, 4.69) is 20.9 Å². The van der Waals surface area contributed by atoms with Crippen molar-refractivity contribution in [2.45, 2.75) is 25.4 Å². The van der Waals surface area contributed by atoms with Gasteiger partial charge in [-0.05, 0) is 28.1 Å². The lowest BCUT2D eigenvalue weighted by atomic mass is 9.82. The van der Waals surface area contributed by atoms with Crippen molar-refractivity contribution in [3.8, 4) is 0 Å². The molecule has 0 aromatic carbocycles. The van der Waals surface area contributed by atoms with Gasteiger partial charge < -0.3 is 10.2 Å². The van der Waals surface area contributed by atoms with Crippen LogP contribution >= 0.6 is 15.9 Å². The van der Waals surface area contributed by atoms with E-state index >= 15 is 0 Å². The number of rotatable bonds is 3. The topological polar surface area (TPSA) is 70.4 Å². The van der Waals surface area contributed by atoms with Crippen LogP contribution in [0.2, 0.25) is 0 Å². The van der Waals surface area contributed by atoms with Crippen LogP contribution in [0.1, 0.15) is 19.5 Å². The van der Waals surface area contributed by atoms with E-state index in [1.165, 1.54) is 0 Å². The van der Waals surface area contributed by atoms with Gasteiger partial charge in [-0.3, -0.25) is 4.98 Å². The first-order valence-electron chi connectivity index (χ1n) is 4.38. The smallest absolute Gasteiger partial charge is 0.333 e. The summed E-state index contributed by atoms with van der Waals surface area (Å²) in [5, 5.41) is 18.3. The highest BCUT2D eigenvalue weighted by molar-refractivity contribution is 9.10. The Bertz CT molecular complexity index is 361. The molecule has 4 nitrogen and oxygen atoms in total. The van der Waals surface area contributed by atoms with Gasteiger partial charge in [0.1, 0.15) is 0 Å². The molecule has 5 heteroatoms. The molecule has 0 fully saturated rings. The molecule has 0 aliphatic rings. The molecule has 82 valence electrons. The van der Waals surface area contributed by atoms with Crippen LogP contribution in [0, 0.1) is 0 Å². The van der Waals surface area contributed by atoms with E-state index in [9.17, 15) is 9.90 Å². The summed E-state index contributed by atoms with van der Waals surface area (Å²) in [7, 11) is 0. The van der Waals surface area contributed by atoms with Crippen LogP contribution < -0.4 is 0 Å². The quantitative estimate of drug-likeness (QED) is 0.877. The normalized spacial score (nSPS) is 13.6. The lowest BCUT2D eigenvalue weighted by molar-refractivity contribution is -0.150. The Morgan fingerprint density at radius 2 is 2.13 bits per heavy atom. The molecule has 0 spiro atoms. The van der Waals surface area contributed by atoms with Gasteiger partial charge in [0.25, 0.3) is 0 Å². The summed E-state index contributed by atoms with van der Waals surface area (Å²) in [5.74, 6) is -1.25. The third kappa shape index (κ3) is 2.54. The zero-order valence-corrected chi connectivity index (χ0v) is 10.0. The Hall–Kier alpha value is -0.940. The summed E-state index contributed by atoms with van der Waals surface area (Å²) in [6.07, 6.45) is 0.109. The van der Waals surface area contributed by atoms with E-state index < -0.39 is 17.5 Å². The molecular weight excluding hydrogens is 262 g/mol. The number of halogens is 1. The number of hydrogen-bond donors (Lipinski definition) is 2. The molecule has 0 radical (unpaired) electrons. The van der Waals surface area contributed by atoms with E-state index in [1.54, 1.807) is 32.2 Å². The molecule has 1 aromatic rings. The van der Waals surface area contributed by atoms with Crippen LogP contribution in [0.3, 0.4) is 0 Å². The van der Waals surface area contributed by atoms with Crippen molar-refractivity contribution in [1.82, 2.24) is 4.98 Å². The first-order chi connectivity index (χ1) is 6.85. The number of aliphatic hydroxyl groups excluding tert-OH is 1. The van der Waals surface area contributed by atoms with Crippen LogP contribution in [-0.2, 0) is 10.2 Å². The molecule has 0 bridgehead atoms. The van der Waals surface area contributed by atoms with Crippen LogP contribution in [-0.4, -0.2) is 27.3 Å². The molecule has 1 rings (SSSR count). The zero-order chi connectivity index (χ0) is 11.6. The number of pyridine rings is 1. The Kier molecular flexibility index (Phi) is 3.46. The van der Waals surface area contributed by atoms with Gasteiger partial charge in [0, 0.05) is 21.8 Å². The highest BCUT2D eigenvalue weighted by Gasteiger charge is 2.36. The SMILES string of the molecule is CC(C)(c1ccc(Br)cn1)C(O)C(=O)O. The summed E-state index contributed by atoms with van der Waals surface area (Å²) >= 11 is 3.24. The number of nitrogens with zero attached hydrogens (tertiary/aromatic N) is 1. The second-order valence-electron chi connectivity index (χ2n) is 3.82. The van der Waals surface area contributed by atoms with Gasteiger partial charge in [-0.2, -0.15) is 0 Å². The third-order valence-corrected chi connectivity index (χ3v) is 2.77. The predicted molar refractivity (Wildman–Crippen MR) is 58.6 cm³/mol. The van der Waals surface area contributed by atoms with Gasteiger partial charge in [0.2, 0.25) is 0 Å². The Morgan fingerprint density at radius 3 is 2.53 bits per heavy atom. The monoisotopic (exact) mass is 273 g/mol. The lowest BCUT2D eigenvalue weighted by Gasteiger charge is -2.26. The maximum absolute atomic E-state index is 10.7. The van der Waals surface area contributed by atoms with E-state index in [4.69, 9.17) is 5.11 Å². The minimum Gasteiger partial charge on any atom is -0.479 e. The van der Waals surface area contributed by atoms with Gasteiger partial charge in [0.05, 0.1) is 0 Å². The van der Waals surface area contributed by atoms with Gasteiger partial charge in [0.15, 0.2) is 6.10 Å². The second kappa shape index (κ2) is 4.28. The standard InChI is InChI=1S/C10H12BrNO3/c1-10(2,8(13)9(14)15)7-4-3-6(11)5-12-7/h3-5,8,13H,1-2H3,(H,14,15). The Labute approximate surface area is 96.1 Å². The molecule has 0 saturated heterocycles. The summed E-state index contributed by atoms with van der Waals surface area (Å²) in [6.45, 7) is 3.28. The van der Waals surface area contributed by atoms with E-state index in [0.29, 0.717) is 5.69 Å². The van der Waals surface area contributed by atoms with Crippen molar-refractivity contribution in [3.05, 3.63) is 28.5 Å². The largest absolute Gasteiger partial charge is 0.479 e. The highest BCUT2D eigenvalue weighted by Crippen LogP contribution is 2.26. The molecule has 0 aliphatic carbocycles. The summed E-state index contributed by atoms with van der Waals surface area (Å²) in [4.78, 5) is 14.8. The maximum Gasteiger partial charge on any atom is 0.333 e. The van der Waals surface area contributed by atoms with E-state index in [0.717, 1.165) is 4.47 Å². The zero-order valence-electron chi connectivity index (χ0n) is 8.44. The fraction of sp³-hybridized carbons (Fsp3) is 0.400. The number of carboxylic acids is 1. The predicted octanol–water partition coefficient (Wildman–Crippen LogP) is 1.57. The van der Waals surface area contributed by atoms with Crippen molar-refractivity contribution >= 4 is 21.9 Å². The molecule has 1 aromatic heterocycles. The van der Waals surface area contributed by atoms with Crippen molar-refractivity contribution in [2.24, 2.45) is 0 Å². The molecule has 0 aliphatic heterocycles. The number of carbonyl (C=O) groups is 1. The maximum atomic E-state index is 10.7. The molecule has 15 heavy (non-hydrogen) atoms. The molecule has 1 atom stereocenters. The van der Waals surface area contributed by atoms with Crippen LogP contribution in [0.25, 0.3) is 0 Å². The minimum absolute atomic E-state index is 0.542.